The van der Waals surface area contributed by atoms with Gasteiger partial charge in [0.15, 0.2) is 0 Å². The van der Waals surface area contributed by atoms with Crippen molar-refractivity contribution in [2.45, 2.75) is 39.8 Å². The molecule has 1 aromatic rings. The van der Waals surface area contributed by atoms with Crippen LogP contribution in [0.15, 0.2) is 12.1 Å². The average Bonchev–Trinajstić information content (AvgIpc) is 2.57. The Labute approximate surface area is 115 Å². The van der Waals surface area contributed by atoms with Crippen LogP contribution in [0.2, 0.25) is 0 Å². The van der Waals surface area contributed by atoms with Crippen LogP contribution in [0.25, 0.3) is 0 Å². The van der Waals surface area contributed by atoms with Crippen molar-refractivity contribution in [1.82, 2.24) is 4.90 Å². The molecule has 0 aliphatic carbocycles. The zero-order valence-corrected chi connectivity index (χ0v) is 12.5. The van der Waals surface area contributed by atoms with Crippen LogP contribution in [-0.2, 0) is 6.54 Å². The van der Waals surface area contributed by atoms with Crippen LogP contribution < -0.4 is 5.73 Å². The second kappa shape index (κ2) is 5.70. The third kappa shape index (κ3) is 3.68. The second-order valence-corrected chi connectivity index (χ2v) is 6.98. The zero-order chi connectivity index (χ0) is 11.8. The Morgan fingerprint density at radius 1 is 1.47 bits per heavy atom. The van der Waals surface area contributed by atoms with Crippen molar-refractivity contribution < 1.29 is 0 Å². The number of piperidine rings is 1. The van der Waals surface area contributed by atoms with Crippen LogP contribution in [0, 0.1) is 12.3 Å². The first-order valence-corrected chi connectivity index (χ1v) is 6.82. The summed E-state index contributed by atoms with van der Waals surface area (Å²) in [5.41, 5.74) is 6.40. The lowest BCUT2D eigenvalue weighted by Gasteiger charge is -2.42. The highest BCUT2D eigenvalue weighted by Gasteiger charge is 2.33. The van der Waals surface area contributed by atoms with E-state index in [1.807, 2.05) is 11.3 Å². The number of likely N-dealkylation sites (tertiary alicyclic amines) is 1. The van der Waals surface area contributed by atoms with Gasteiger partial charge < -0.3 is 5.73 Å². The van der Waals surface area contributed by atoms with Crippen molar-refractivity contribution in [3.63, 3.8) is 0 Å². The number of halogens is 1. The molecule has 1 fully saturated rings. The Balaban J connectivity index is 0.00000144. The highest BCUT2D eigenvalue weighted by Crippen LogP contribution is 2.29. The Hall–Kier alpha value is -0.0900. The summed E-state index contributed by atoms with van der Waals surface area (Å²) in [4.78, 5) is 5.42. The van der Waals surface area contributed by atoms with E-state index in [2.05, 4.69) is 37.8 Å². The molecule has 1 atom stereocenters. The minimum absolute atomic E-state index is 0. The fraction of sp³-hybridized carbons (Fsp3) is 0.692. The predicted octanol–water partition coefficient (Wildman–Crippen LogP) is 3.04. The Kier molecular flexibility index (Phi) is 5.02. The molecule has 0 bridgehead atoms. The van der Waals surface area contributed by atoms with E-state index in [0.717, 1.165) is 26.1 Å². The lowest BCUT2D eigenvalue weighted by Crippen LogP contribution is -2.51. The molecule has 17 heavy (non-hydrogen) atoms. The summed E-state index contributed by atoms with van der Waals surface area (Å²) >= 11 is 1.91. The van der Waals surface area contributed by atoms with E-state index in [0.29, 0.717) is 6.04 Å². The first-order valence-electron chi connectivity index (χ1n) is 6.00. The molecule has 1 aliphatic heterocycles. The summed E-state index contributed by atoms with van der Waals surface area (Å²) in [6.07, 6.45) is 1.12. The summed E-state index contributed by atoms with van der Waals surface area (Å²) in [5.74, 6) is 0. The Bertz CT molecular complexity index is 362. The van der Waals surface area contributed by atoms with Gasteiger partial charge in [-0.05, 0) is 30.9 Å². The van der Waals surface area contributed by atoms with Crippen LogP contribution in [0.5, 0.6) is 0 Å². The van der Waals surface area contributed by atoms with Gasteiger partial charge in [0, 0.05) is 35.4 Å². The van der Waals surface area contributed by atoms with E-state index >= 15 is 0 Å². The molecule has 1 saturated heterocycles. The second-order valence-electron chi connectivity index (χ2n) is 5.61. The van der Waals surface area contributed by atoms with Crippen LogP contribution >= 0.6 is 23.7 Å². The number of nitrogens with zero attached hydrogens (tertiary/aromatic N) is 1. The van der Waals surface area contributed by atoms with Gasteiger partial charge in [0.05, 0.1) is 0 Å². The quantitative estimate of drug-likeness (QED) is 0.898. The van der Waals surface area contributed by atoms with Crippen LogP contribution in [0.1, 0.15) is 30.0 Å². The van der Waals surface area contributed by atoms with E-state index in [1.54, 1.807) is 0 Å². The number of thiophene rings is 1. The van der Waals surface area contributed by atoms with Gasteiger partial charge in [-0.3, -0.25) is 4.90 Å². The number of hydrogen-bond donors (Lipinski definition) is 1. The summed E-state index contributed by atoms with van der Waals surface area (Å²) in [6.45, 7) is 10.1. The normalized spacial score (nSPS) is 24.4. The number of rotatable bonds is 2. The molecule has 0 radical (unpaired) electrons. The van der Waals surface area contributed by atoms with Crippen molar-refractivity contribution in [2.75, 3.05) is 13.1 Å². The molecule has 1 unspecified atom stereocenters. The van der Waals surface area contributed by atoms with E-state index < -0.39 is 0 Å². The fourth-order valence-electron chi connectivity index (χ4n) is 2.41. The predicted molar refractivity (Wildman–Crippen MR) is 78.0 cm³/mol. The lowest BCUT2D eigenvalue weighted by molar-refractivity contribution is 0.0907. The first kappa shape index (κ1) is 15.0. The molecule has 98 valence electrons. The highest BCUT2D eigenvalue weighted by molar-refractivity contribution is 7.11. The molecule has 4 heteroatoms. The van der Waals surface area contributed by atoms with Gasteiger partial charge in [0.2, 0.25) is 0 Å². The van der Waals surface area contributed by atoms with E-state index in [1.165, 1.54) is 9.75 Å². The maximum absolute atomic E-state index is 6.15. The third-order valence-corrected chi connectivity index (χ3v) is 4.55. The molecule has 1 aliphatic rings. The topological polar surface area (TPSA) is 29.3 Å². The minimum atomic E-state index is 0. The number of aryl methyl sites for hydroxylation is 1. The van der Waals surface area contributed by atoms with Crippen LogP contribution in [0.3, 0.4) is 0 Å². The molecule has 0 aromatic carbocycles. The molecule has 2 nitrogen and oxygen atoms in total. The lowest BCUT2D eigenvalue weighted by atomic mass is 9.80. The maximum Gasteiger partial charge on any atom is 0.0328 e. The number of hydrogen-bond acceptors (Lipinski definition) is 3. The van der Waals surface area contributed by atoms with Crippen molar-refractivity contribution >= 4 is 23.7 Å². The molecule has 2 N–H and O–H groups in total. The van der Waals surface area contributed by atoms with Gasteiger partial charge in [-0.15, -0.1) is 23.7 Å². The summed E-state index contributed by atoms with van der Waals surface area (Å²) in [7, 11) is 0. The van der Waals surface area contributed by atoms with E-state index in [4.69, 9.17) is 5.73 Å². The van der Waals surface area contributed by atoms with E-state index in [9.17, 15) is 0 Å². The van der Waals surface area contributed by atoms with Crippen LogP contribution in [0.4, 0.5) is 0 Å². The average molecular weight is 275 g/mol. The maximum atomic E-state index is 6.15. The SMILES string of the molecule is Cc1ccc(CN2CCC(N)C(C)(C)C2)s1.Cl. The molecule has 0 amide bonds. The minimum Gasteiger partial charge on any atom is -0.327 e. The summed E-state index contributed by atoms with van der Waals surface area (Å²) in [5, 5.41) is 0. The molecule has 1 aromatic heterocycles. The fourth-order valence-corrected chi connectivity index (χ4v) is 3.34. The van der Waals surface area contributed by atoms with E-state index in [-0.39, 0.29) is 17.8 Å². The Morgan fingerprint density at radius 2 is 2.18 bits per heavy atom. The van der Waals surface area contributed by atoms with Crippen molar-refractivity contribution in [3.05, 3.63) is 21.9 Å². The molecule has 2 heterocycles. The molecule has 0 spiro atoms. The zero-order valence-electron chi connectivity index (χ0n) is 10.9. The first-order chi connectivity index (χ1) is 7.47. The molecular formula is C13H23ClN2S. The van der Waals surface area contributed by atoms with Gasteiger partial charge in [0.1, 0.15) is 0 Å². The van der Waals surface area contributed by atoms with Crippen molar-refractivity contribution in [3.8, 4) is 0 Å². The molecular weight excluding hydrogens is 252 g/mol. The van der Waals surface area contributed by atoms with Gasteiger partial charge in [0.25, 0.3) is 0 Å². The van der Waals surface area contributed by atoms with Crippen molar-refractivity contribution in [2.24, 2.45) is 11.1 Å². The summed E-state index contributed by atoms with van der Waals surface area (Å²) < 4.78 is 0. The summed E-state index contributed by atoms with van der Waals surface area (Å²) in [6, 6.07) is 4.82. The smallest absolute Gasteiger partial charge is 0.0328 e. The van der Waals surface area contributed by atoms with Gasteiger partial charge in [-0.2, -0.15) is 0 Å². The third-order valence-electron chi connectivity index (χ3n) is 3.57. The van der Waals surface area contributed by atoms with Crippen LogP contribution in [-0.4, -0.2) is 24.0 Å². The van der Waals surface area contributed by atoms with Gasteiger partial charge in [-0.1, -0.05) is 13.8 Å². The Morgan fingerprint density at radius 3 is 2.71 bits per heavy atom. The highest BCUT2D eigenvalue weighted by atomic mass is 35.5. The van der Waals surface area contributed by atoms with Gasteiger partial charge in [-0.25, -0.2) is 0 Å². The largest absolute Gasteiger partial charge is 0.327 e. The standard InChI is InChI=1S/C13H22N2S.ClH/c1-10-4-5-11(16-10)8-15-7-6-12(14)13(2,3)9-15;/h4-5,12H,6-9,14H2,1-3H3;1H. The monoisotopic (exact) mass is 274 g/mol. The number of nitrogens with two attached hydrogens (primary N) is 1. The molecule has 0 saturated carbocycles. The van der Waals surface area contributed by atoms with Crippen molar-refractivity contribution in [1.29, 1.82) is 0 Å². The van der Waals surface area contributed by atoms with Gasteiger partial charge >= 0.3 is 0 Å². The molecule has 2 rings (SSSR count).